The van der Waals surface area contributed by atoms with Crippen molar-refractivity contribution in [3.8, 4) is 0 Å². The lowest BCUT2D eigenvalue weighted by Crippen LogP contribution is -2.51. The lowest BCUT2D eigenvalue weighted by atomic mass is 9.98. The summed E-state index contributed by atoms with van der Waals surface area (Å²) in [4.78, 5) is 26.9. The first kappa shape index (κ1) is 21.6. The Kier molecular flexibility index (Phi) is 6.46. The van der Waals surface area contributed by atoms with Gasteiger partial charge in [-0.05, 0) is 49.2 Å². The van der Waals surface area contributed by atoms with Gasteiger partial charge in [-0.25, -0.2) is 0 Å². The third-order valence-corrected chi connectivity index (χ3v) is 6.25. The molecule has 0 aromatic heterocycles. The predicted octanol–water partition coefficient (Wildman–Crippen LogP) is 4.38. The second kappa shape index (κ2) is 8.69. The molecule has 1 saturated heterocycles. The topological polar surface area (TPSA) is 69.6 Å². The van der Waals surface area contributed by atoms with Crippen LogP contribution in [-0.2, 0) is 4.79 Å². The average Bonchev–Trinajstić information content (AvgIpc) is 2.93. The molecule has 2 aromatic carbocycles. The van der Waals surface area contributed by atoms with Gasteiger partial charge in [0.25, 0.3) is 5.91 Å². The Bertz CT molecular complexity index is 968. The number of nitrogens with one attached hydrogen (secondary N) is 1. The number of carbonyl (C=O) groups excluding carboxylic acids is 1. The molecule has 2 atom stereocenters. The Morgan fingerprint density at radius 1 is 1.21 bits per heavy atom. The third kappa shape index (κ3) is 4.89. The molecule has 1 aliphatic heterocycles. The number of aliphatic carboxylic acids is 1. The normalized spacial score (nSPS) is 19.8. The van der Waals surface area contributed by atoms with E-state index in [9.17, 15) is 14.7 Å². The highest BCUT2D eigenvalue weighted by Gasteiger charge is 2.42. The van der Waals surface area contributed by atoms with Gasteiger partial charge in [0.2, 0.25) is 0 Å². The Balaban J connectivity index is 1.74. The maximum atomic E-state index is 12.6. The van der Waals surface area contributed by atoms with Crippen LogP contribution in [0.5, 0.6) is 0 Å². The first-order chi connectivity index (χ1) is 13.7. The first-order valence-electron chi connectivity index (χ1n) is 9.05. The summed E-state index contributed by atoms with van der Waals surface area (Å²) in [6, 6.07) is 13.5. The van der Waals surface area contributed by atoms with Crippen molar-refractivity contribution in [1.82, 2.24) is 10.2 Å². The van der Waals surface area contributed by atoms with Gasteiger partial charge in [-0.3, -0.25) is 9.59 Å². The highest BCUT2D eigenvalue weighted by atomic mass is 35.5. The fraction of sp³-hybridized carbons (Fsp3) is 0.286. The van der Waals surface area contributed by atoms with E-state index < -0.39 is 17.4 Å². The predicted molar refractivity (Wildman–Crippen MR) is 118 cm³/mol. The molecule has 0 saturated carbocycles. The van der Waals surface area contributed by atoms with Crippen LogP contribution in [0.4, 0.5) is 0 Å². The van der Waals surface area contributed by atoms with Gasteiger partial charge in [0.05, 0.1) is 11.5 Å². The van der Waals surface area contributed by atoms with Crippen LogP contribution in [0.3, 0.4) is 0 Å². The zero-order valence-corrected chi connectivity index (χ0v) is 18.0. The molecular formula is C21H20Cl2N2O3S. The van der Waals surface area contributed by atoms with E-state index in [1.807, 2.05) is 11.8 Å². The summed E-state index contributed by atoms with van der Waals surface area (Å²) in [5, 5.41) is 13.7. The molecule has 3 rings (SSSR count). The highest BCUT2D eigenvalue weighted by molar-refractivity contribution is 7.80. The van der Waals surface area contributed by atoms with Crippen LogP contribution in [0.15, 0.2) is 48.5 Å². The van der Waals surface area contributed by atoms with Crippen molar-refractivity contribution in [3.63, 3.8) is 0 Å². The van der Waals surface area contributed by atoms with E-state index >= 15 is 0 Å². The fourth-order valence-corrected chi connectivity index (χ4v) is 4.14. The summed E-state index contributed by atoms with van der Waals surface area (Å²) in [5.74, 6) is -2.01. The average molecular weight is 451 g/mol. The van der Waals surface area contributed by atoms with Gasteiger partial charge >= 0.3 is 5.97 Å². The molecule has 1 fully saturated rings. The van der Waals surface area contributed by atoms with Crippen molar-refractivity contribution in [2.45, 2.75) is 24.8 Å². The molecule has 1 heterocycles. The van der Waals surface area contributed by atoms with Crippen LogP contribution in [0.2, 0.25) is 10.0 Å². The highest BCUT2D eigenvalue weighted by Crippen LogP contribution is 2.29. The smallest absolute Gasteiger partial charge is 0.312 e. The molecule has 0 aliphatic carbocycles. The molecule has 0 bridgehead atoms. The van der Waals surface area contributed by atoms with E-state index in [2.05, 4.69) is 5.32 Å². The lowest BCUT2D eigenvalue weighted by molar-refractivity contribution is -0.139. The minimum Gasteiger partial charge on any atom is -0.481 e. The number of halogens is 2. The molecular weight excluding hydrogens is 431 g/mol. The largest absolute Gasteiger partial charge is 0.481 e. The fourth-order valence-electron chi connectivity index (χ4n) is 3.43. The maximum Gasteiger partial charge on any atom is 0.312 e. The molecule has 0 spiro atoms. The molecule has 152 valence electrons. The molecule has 0 radical (unpaired) electrons. The van der Waals surface area contributed by atoms with E-state index in [0.29, 0.717) is 39.1 Å². The van der Waals surface area contributed by atoms with Gasteiger partial charge in [-0.15, -0.1) is 0 Å². The second-order valence-electron chi connectivity index (χ2n) is 7.24. The van der Waals surface area contributed by atoms with Crippen molar-refractivity contribution in [3.05, 3.63) is 69.7 Å². The second-order valence-corrected chi connectivity index (χ2v) is 8.50. The SMILES string of the molecule is CC1(NC(=O)c2cccc(Cl)c2)CCN(CC(C(=O)O)c2cccc(Cl)c2)C1=S. The number of hydrogen-bond donors (Lipinski definition) is 2. The number of likely N-dealkylation sites (tertiary alicyclic amines) is 1. The van der Waals surface area contributed by atoms with Gasteiger partial charge in [0, 0.05) is 28.7 Å². The number of carbonyl (C=O) groups is 2. The zero-order chi connectivity index (χ0) is 21.2. The summed E-state index contributed by atoms with van der Waals surface area (Å²) in [7, 11) is 0. The number of benzene rings is 2. The lowest BCUT2D eigenvalue weighted by Gasteiger charge is -2.29. The van der Waals surface area contributed by atoms with Gasteiger partial charge in [-0.1, -0.05) is 53.6 Å². The van der Waals surface area contributed by atoms with Crippen molar-refractivity contribution in [2.75, 3.05) is 13.1 Å². The molecule has 8 heteroatoms. The number of nitrogens with zero attached hydrogens (tertiary/aromatic N) is 1. The van der Waals surface area contributed by atoms with Crippen molar-refractivity contribution >= 4 is 52.3 Å². The molecule has 5 nitrogen and oxygen atoms in total. The van der Waals surface area contributed by atoms with E-state index in [1.54, 1.807) is 48.5 Å². The third-order valence-electron chi connectivity index (χ3n) is 5.07. The Hall–Kier alpha value is -2.15. The van der Waals surface area contributed by atoms with Crippen LogP contribution >= 0.6 is 35.4 Å². The summed E-state index contributed by atoms with van der Waals surface area (Å²) in [6.07, 6.45) is 0.583. The van der Waals surface area contributed by atoms with E-state index in [-0.39, 0.29) is 12.5 Å². The number of amides is 1. The van der Waals surface area contributed by atoms with Crippen molar-refractivity contribution in [2.24, 2.45) is 0 Å². The molecule has 1 amide bonds. The minimum atomic E-state index is -0.952. The number of carboxylic acids is 1. The van der Waals surface area contributed by atoms with Crippen LogP contribution in [-0.4, -0.2) is 45.5 Å². The van der Waals surface area contributed by atoms with Gasteiger partial charge in [-0.2, -0.15) is 0 Å². The summed E-state index contributed by atoms with van der Waals surface area (Å²) < 4.78 is 0. The zero-order valence-electron chi connectivity index (χ0n) is 15.7. The maximum absolute atomic E-state index is 12.6. The van der Waals surface area contributed by atoms with Gasteiger partial charge < -0.3 is 15.3 Å². The van der Waals surface area contributed by atoms with E-state index in [4.69, 9.17) is 35.4 Å². The summed E-state index contributed by atoms with van der Waals surface area (Å²) in [5.41, 5.74) is 0.318. The van der Waals surface area contributed by atoms with Crippen LogP contribution in [0.1, 0.15) is 35.2 Å². The van der Waals surface area contributed by atoms with E-state index in [0.717, 1.165) is 0 Å². The summed E-state index contributed by atoms with van der Waals surface area (Å²) >= 11 is 17.6. The monoisotopic (exact) mass is 450 g/mol. The molecule has 29 heavy (non-hydrogen) atoms. The van der Waals surface area contributed by atoms with E-state index in [1.165, 1.54) is 0 Å². The number of thiocarbonyl (C=S) groups is 1. The molecule has 2 aromatic rings. The Labute approximate surface area is 184 Å². The molecule has 2 N–H and O–H groups in total. The molecule has 1 aliphatic rings. The van der Waals surface area contributed by atoms with Crippen LogP contribution in [0, 0.1) is 0 Å². The van der Waals surface area contributed by atoms with Crippen LogP contribution in [0.25, 0.3) is 0 Å². The Morgan fingerprint density at radius 3 is 2.48 bits per heavy atom. The number of rotatable bonds is 6. The Morgan fingerprint density at radius 2 is 1.86 bits per heavy atom. The number of hydrogen-bond acceptors (Lipinski definition) is 3. The quantitative estimate of drug-likeness (QED) is 0.638. The summed E-state index contributed by atoms with van der Waals surface area (Å²) in [6.45, 7) is 2.61. The van der Waals surface area contributed by atoms with Crippen molar-refractivity contribution < 1.29 is 14.7 Å². The minimum absolute atomic E-state index is 0.205. The first-order valence-corrected chi connectivity index (χ1v) is 10.2. The standard InChI is InChI=1S/C21H20Cl2N2O3S/c1-21(24-18(26)14-5-3-7-16(23)11-14)8-9-25(20(21)29)12-17(19(27)28)13-4-2-6-15(22)10-13/h2-7,10-11,17H,8-9,12H2,1H3,(H,24,26)(H,27,28). The molecule has 2 unspecified atom stereocenters. The van der Waals surface area contributed by atoms with Crippen LogP contribution < -0.4 is 5.32 Å². The number of carboxylic acid groups (broad SMARTS) is 1. The van der Waals surface area contributed by atoms with Crippen molar-refractivity contribution in [1.29, 1.82) is 0 Å². The van der Waals surface area contributed by atoms with Gasteiger partial charge in [0.1, 0.15) is 4.99 Å². The van der Waals surface area contributed by atoms with Gasteiger partial charge in [0.15, 0.2) is 0 Å².